The highest BCUT2D eigenvalue weighted by Crippen LogP contribution is 2.24. The van der Waals surface area contributed by atoms with Crippen molar-refractivity contribution in [2.45, 2.75) is 52.6 Å². The Morgan fingerprint density at radius 3 is 2.59 bits per heavy atom. The summed E-state index contributed by atoms with van der Waals surface area (Å²) in [6.45, 7) is 7.55. The summed E-state index contributed by atoms with van der Waals surface area (Å²) in [6, 6.07) is 0. The lowest BCUT2D eigenvalue weighted by Crippen LogP contribution is -2.28. The number of esters is 1. The van der Waals surface area contributed by atoms with E-state index in [-0.39, 0.29) is 11.6 Å². The Balaban J connectivity index is 4.35. The average molecular weight is 245 g/mol. The Morgan fingerprint density at radius 2 is 2.12 bits per heavy atom. The van der Waals surface area contributed by atoms with Crippen LogP contribution >= 0.6 is 0 Å². The lowest BCUT2D eigenvalue weighted by Gasteiger charge is -2.20. The molecule has 0 bridgehead atoms. The van der Waals surface area contributed by atoms with Gasteiger partial charge < -0.3 is 10.5 Å². The van der Waals surface area contributed by atoms with Gasteiger partial charge in [-0.2, -0.15) is 0 Å². The van der Waals surface area contributed by atoms with E-state index < -0.39 is 11.6 Å². The molecule has 2 N–H and O–H groups in total. The van der Waals surface area contributed by atoms with Crippen LogP contribution in [-0.2, 0) is 9.53 Å². The van der Waals surface area contributed by atoms with Gasteiger partial charge in [0.15, 0.2) is 0 Å². The Kier molecular flexibility index (Phi) is 6.85. The third kappa shape index (κ3) is 6.97. The fourth-order valence-electron chi connectivity index (χ4n) is 1.22. The summed E-state index contributed by atoms with van der Waals surface area (Å²) in [6.07, 6.45) is 3.01. The van der Waals surface area contributed by atoms with Crippen molar-refractivity contribution >= 4 is 5.97 Å². The molecule has 1 atom stereocenters. The van der Waals surface area contributed by atoms with Crippen LogP contribution in [0.1, 0.15) is 47.0 Å². The van der Waals surface area contributed by atoms with Crippen LogP contribution in [0.5, 0.6) is 0 Å². The first-order chi connectivity index (χ1) is 7.79. The number of ether oxygens (including phenoxy) is 1. The fourth-order valence-corrected chi connectivity index (χ4v) is 1.22. The maximum Gasteiger partial charge on any atom is 0.332 e. The lowest BCUT2D eigenvalue weighted by atomic mass is 9.97. The van der Waals surface area contributed by atoms with Gasteiger partial charge in [-0.1, -0.05) is 33.6 Å². The van der Waals surface area contributed by atoms with Gasteiger partial charge in [-0.05, 0) is 19.3 Å². The minimum absolute atomic E-state index is 0.0558. The summed E-state index contributed by atoms with van der Waals surface area (Å²) in [5, 5.41) is 0. The van der Waals surface area contributed by atoms with Gasteiger partial charge in [-0.25, -0.2) is 9.18 Å². The van der Waals surface area contributed by atoms with E-state index in [1.807, 2.05) is 20.8 Å². The molecule has 0 spiro atoms. The molecule has 0 aliphatic rings. The first-order valence-electron chi connectivity index (χ1n) is 6.13. The molecule has 0 saturated heterocycles. The van der Waals surface area contributed by atoms with Gasteiger partial charge in [-0.15, -0.1) is 0 Å². The maximum absolute atomic E-state index is 14.0. The van der Waals surface area contributed by atoms with E-state index >= 15 is 0 Å². The van der Waals surface area contributed by atoms with Crippen molar-refractivity contribution in [1.29, 1.82) is 0 Å². The summed E-state index contributed by atoms with van der Waals surface area (Å²) < 4.78 is 18.9. The average Bonchev–Trinajstić information content (AvgIpc) is 2.23. The normalized spacial score (nSPS) is 15.8. The van der Waals surface area contributed by atoms with Crippen molar-refractivity contribution in [3.05, 3.63) is 11.8 Å². The monoisotopic (exact) mass is 245 g/mol. The second kappa shape index (κ2) is 7.30. The van der Waals surface area contributed by atoms with Crippen molar-refractivity contribution in [2.75, 3.05) is 6.61 Å². The second-order valence-electron chi connectivity index (χ2n) is 4.92. The fraction of sp³-hybridized carbons (Fsp3) is 0.769. The molecule has 0 saturated carbocycles. The summed E-state index contributed by atoms with van der Waals surface area (Å²) >= 11 is 0. The molecule has 0 aliphatic heterocycles. The SMILES string of the molecule is CCCCC(C)(F)C(N)=CC(=O)OCC(C)C. The molecule has 0 heterocycles. The van der Waals surface area contributed by atoms with Crippen LogP contribution in [0.4, 0.5) is 4.39 Å². The van der Waals surface area contributed by atoms with E-state index in [1.54, 1.807) is 0 Å². The quantitative estimate of drug-likeness (QED) is 0.554. The zero-order chi connectivity index (χ0) is 13.5. The van der Waals surface area contributed by atoms with Crippen LogP contribution in [0, 0.1) is 5.92 Å². The van der Waals surface area contributed by atoms with Gasteiger partial charge in [0.2, 0.25) is 0 Å². The topological polar surface area (TPSA) is 52.3 Å². The van der Waals surface area contributed by atoms with Crippen molar-refractivity contribution in [1.82, 2.24) is 0 Å². The summed E-state index contributed by atoms with van der Waals surface area (Å²) in [5.74, 6) is -0.318. The number of hydrogen-bond donors (Lipinski definition) is 1. The highest BCUT2D eigenvalue weighted by atomic mass is 19.1. The largest absolute Gasteiger partial charge is 0.462 e. The number of carbonyl (C=O) groups is 1. The van der Waals surface area contributed by atoms with E-state index in [2.05, 4.69) is 0 Å². The third-order valence-electron chi connectivity index (χ3n) is 2.43. The number of unbranched alkanes of at least 4 members (excludes halogenated alkanes) is 1. The molecule has 0 aliphatic carbocycles. The van der Waals surface area contributed by atoms with Crippen LogP contribution in [0.3, 0.4) is 0 Å². The van der Waals surface area contributed by atoms with Gasteiger partial charge >= 0.3 is 5.97 Å². The van der Waals surface area contributed by atoms with Crippen LogP contribution in [-0.4, -0.2) is 18.2 Å². The Hall–Kier alpha value is -1.06. The third-order valence-corrected chi connectivity index (χ3v) is 2.43. The predicted octanol–water partition coefficient (Wildman–Crippen LogP) is 2.95. The zero-order valence-corrected chi connectivity index (χ0v) is 11.3. The number of allylic oxidation sites excluding steroid dienone is 1. The van der Waals surface area contributed by atoms with E-state index in [9.17, 15) is 9.18 Å². The number of nitrogens with two attached hydrogens (primary N) is 1. The molecule has 4 heteroatoms. The molecule has 0 aromatic carbocycles. The second-order valence-corrected chi connectivity index (χ2v) is 4.92. The maximum atomic E-state index is 14.0. The molecule has 0 aromatic rings. The molecule has 17 heavy (non-hydrogen) atoms. The minimum Gasteiger partial charge on any atom is -0.462 e. The van der Waals surface area contributed by atoms with Gasteiger partial charge in [0.05, 0.1) is 12.3 Å². The molecule has 1 unspecified atom stereocenters. The Morgan fingerprint density at radius 1 is 1.53 bits per heavy atom. The highest BCUT2D eigenvalue weighted by Gasteiger charge is 2.26. The molecule has 100 valence electrons. The molecular formula is C13H24FNO2. The molecule has 3 nitrogen and oxygen atoms in total. The lowest BCUT2D eigenvalue weighted by molar-refractivity contribution is -0.138. The summed E-state index contributed by atoms with van der Waals surface area (Å²) in [7, 11) is 0. The van der Waals surface area contributed by atoms with Gasteiger partial charge in [-0.3, -0.25) is 0 Å². The van der Waals surface area contributed by atoms with E-state index in [0.29, 0.717) is 13.0 Å². The Bertz CT molecular complexity index is 273. The number of alkyl halides is 1. The van der Waals surface area contributed by atoms with Crippen molar-refractivity contribution in [3.8, 4) is 0 Å². The van der Waals surface area contributed by atoms with Gasteiger partial charge in [0.1, 0.15) is 5.67 Å². The van der Waals surface area contributed by atoms with E-state index in [1.165, 1.54) is 6.92 Å². The number of rotatable bonds is 7. The van der Waals surface area contributed by atoms with Gasteiger partial charge in [0, 0.05) is 6.08 Å². The Labute approximate surface area is 103 Å². The van der Waals surface area contributed by atoms with Crippen molar-refractivity contribution in [3.63, 3.8) is 0 Å². The summed E-state index contributed by atoms with van der Waals surface area (Å²) in [5.41, 5.74) is 3.90. The predicted molar refractivity (Wildman–Crippen MR) is 67.1 cm³/mol. The zero-order valence-electron chi connectivity index (χ0n) is 11.3. The minimum atomic E-state index is -1.63. The van der Waals surface area contributed by atoms with E-state index in [4.69, 9.17) is 10.5 Å². The first-order valence-corrected chi connectivity index (χ1v) is 6.13. The van der Waals surface area contributed by atoms with Gasteiger partial charge in [0.25, 0.3) is 0 Å². The van der Waals surface area contributed by atoms with Crippen LogP contribution < -0.4 is 5.73 Å². The van der Waals surface area contributed by atoms with Crippen LogP contribution in [0.2, 0.25) is 0 Å². The smallest absolute Gasteiger partial charge is 0.332 e. The molecule has 0 rings (SSSR count). The summed E-state index contributed by atoms with van der Waals surface area (Å²) in [4.78, 5) is 11.3. The van der Waals surface area contributed by atoms with Crippen molar-refractivity contribution in [2.24, 2.45) is 11.7 Å². The van der Waals surface area contributed by atoms with Crippen LogP contribution in [0.25, 0.3) is 0 Å². The molecule has 0 amide bonds. The highest BCUT2D eigenvalue weighted by molar-refractivity contribution is 5.83. The standard InChI is InChI=1S/C13H24FNO2/c1-5-6-7-13(4,14)11(15)8-12(16)17-9-10(2)3/h8,10H,5-7,9,15H2,1-4H3. The number of carbonyl (C=O) groups excluding carboxylic acids is 1. The number of hydrogen-bond acceptors (Lipinski definition) is 3. The number of halogens is 1. The van der Waals surface area contributed by atoms with Crippen molar-refractivity contribution < 1.29 is 13.9 Å². The van der Waals surface area contributed by atoms with Crippen LogP contribution in [0.15, 0.2) is 11.8 Å². The van der Waals surface area contributed by atoms with E-state index in [0.717, 1.165) is 18.9 Å². The first kappa shape index (κ1) is 15.9. The molecule has 0 aromatic heterocycles. The molecular weight excluding hydrogens is 221 g/mol. The molecule has 0 radical (unpaired) electrons. The molecule has 0 fully saturated rings.